The Morgan fingerprint density at radius 1 is 1.56 bits per heavy atom. The van der Waals surface area contributed by atoms with Crippen molar-refractivity contribution in [2.45, 2.75) is 26.1 Å². The SMILES string of the molecule is CC1CS(=O)(=O)CCN1Cc1ccnc(CN)c1. The lowest BCUT2D eigenvalue weighted by molar-refractivity contribution is 0.218. The molecule has 1 saturated heterocycles. The van der Waals surface area contributed by atoms with E-state index in [0.29, 0.717) is 13.1 Å². The van der Waals surface area contributed by atoms with Crippen LogP contribution in [0.4, 0.5) is 0 Å². The summed E-state index contributed by atoms with van der Waals surface area (Å²) in [5.41, 5.74) is 7.56. The molecule has 2 heterocycles. The average molecular weight is 269 g/mol. The fourth-order valence-electron chi connectivity index (χ4n) is 2.24. The van der Waals surface area contributed by atoms with E-state index in [0.717, 1.165) is 17.8 Å². The van der Waals surface area contributed by atoms with Crippen molar-refractivity contribution in [1.82, 2.24) is 9.88 Å². The first-order chi connectivity index (χ1) is 8.50. The summed E-state index contributed by atoms with van der Waals surface area (Å²) in [6, 6.07) is 4.00. The fraction of sp³-hybridized carbons (Fsp3) is 0.583. The second kappa shape index (κ2) is 5.34. The number of aromatic nitrogens is 1. The van der Waals surface area contributed by atoms with Crippen LogP contribution in [-0.2, 0) is 22.9 Å². The highest BCUT2D eigenvalue weighted by atomic mass is 32.2. The minimum Gasteiger partial charge on any atom is -0.325 e. The summed E-state index contributed by atoms with van der Waals surface area (Å²) in [6.07, 6.45) is 1.75. The number of rotatable bonds is 3. The van der Waals surface area contributed by atoms with Gasteiger partial charge in [0.15, 0.2) is 9.84 Å². The predicted molar refractivity (Wildman–Crippen MR) is 70.7 cm³/mol. The van der Waals surface area contributed by atoms with E-state index in [4.69, 9.17) is 5.73 Å². The molecule has 5 nitrogen and oxygen atoms in total. The molecule has 0 spiro atoms. The molecule has 1 aromatic heterocycles. The van der Waals surface area contributed by atoms with Crippen molar-refractivity contribution in [1.29, 1.82) is 0 Å². The first-order valence-corrected chi connectivity index (χ1v) is 7.90. The first kappa shape index (κ1) is 13.5. The van der Waals surface area contributed by atoms with Crippen LogP contribution in [0.2, 0.25) is 0 Å². The number of hydrogen-bond donors (Lipinski definition) is 1. The Balaban J connectivity index is 2.05. The summed E-state index contributed by atoms with van der Waals surface area (Å²) in [7, 11) is -2.84. The zero-order valence-corrected chi connectivity index (χ0v) is 11.4. The normalized spacial score (nSPS) is 24.0. The van der Waals surface area contributed by atoms with Gasteiger partial charge >= 0.3 is 0 Å². The number of nitrogens with two attached hydrogens (primary N) is 1. The van der Waals surface area contributed by atoms with Crippen LogP contribution in [0.25, 0.3) is 0 Å². The van der Waals surface area contributed by atoms with Crippen molar-refractivity contribution >= 4 is 9.84 Å². The molecule has 0 aromatic carbocycles. The van der Waals surface area contributed by atoms with E-state index in [1.54, 1.807) is 6.20 Å². The summed E-state index contributed by atoms with van der Waals surface area (Å²) < 4.78 is 23.0. The van der Waals surface area contributed by atoms with Gasteiger partial charge < -0.3 is 5.73 Å². The number of pyridine rings is 1. The topological polar surface area (TPSA) is 76.3 Å². The molecule has 1 aromatic rings. The molecule has 0 radical (unpaired) electrons. The van der Waals surface area contributed by atoms with Crippen LogP contribution in [0.5, 0.6) is 0 Å². The lowest BCUT2D eigenvalue weighted by Gasteiger charge is -2.33. The second-order valence-corrected chi connectivity index (χ2v) is 7.02. The van der Waals surface area contributed by atoms with Gasteiger partial charge in [-0.05, 0) is 24.6 Å². The molecule has 0 saturated carbocycles. The molecule has 6 heteroatoms. The van der Waals surface area contributed by atoms with Crippen LogP contribution in [0.1, 0.15) is 18.2 Å². The van der Waals surface area contributed by atoms with Crippen LogP contribution in [0.3, 0.4) is 0 Å². The van der Waals surface area contributed by atoms with E-state index in [9.17, 15) is 8.42 Å². The molecule has 1 aliphatic rings. The molecule has 100 valence electrons. The Labute approximate surface area is 108 Å². The van der Waals surface area contributed by atoms with Gasteiger partial charge in [0.25, 0.3) is 0 Å². The average Bonchev–Trinajstić information content (AvgIpc) is 2.32. The Morgan fingerprint density at radius 3 is 3.00 bits per heavy atom. The maximum Gasteiger partial charge on any atom is 0.153 e. The van der Waals surface area contributed by atoms with Gasteiger partial charge in [0.1, 0.15) is 0 Å². The van der Waals surface area contributed by atoms with E-state index >= 15 is 0 Å². The van der Waals surface area contributed by atoms with Crippen molar-refractivity contribution in [2.75, 3.05) is 18.1 Å². The second-order valence-electron chi connectivity index (χ2n) is 4.79. The maximum absolute atomic E-state index is 11.5. The molecule has 1 fully saturated rings. The van der Waals surface area contributed by atoms with Gasteiger partial charge in [-0.25, -0.2) is 8.42 Å². The van der Waals surface area contributed by atoms with Crippen molar-refractivity contribution in [2.24, 2.45) is 5.73 Å². The molecule has 1 atom stereocenters. The highest BCUT2D eigenvalue weighted by Gasteiger charge is 2.27. The zero-order chi connectivity index (χ0) is 13.2. The third-order valence-corrected chi connectivity index (χ3v) is 5.08. The molecule has 1 aliphatic heterocycles. The monoisotopic (exact) mass is 269 g/mol. The number of sulfone groups is 1. The maximum atomic E-state index is 11.5. The molecule has 0 aliphatic carbocycles. The van der Waals surface area contributed by atoms with Crippen LogP contribution < -0.4 is 5.73 Å². The molecule has 0 amide bonds. The van der Waals surface area contributed by atoms with Gasteiger partial charge in [-0.3, -0.25) is 9.88 Å². The van der Waals surface area contributed by atoms with Crippen molar-refractivity contribution in [3.63, 3.8) is 0 Å². The van der Waals surface area contributed by atoms with Crippen molar-refractivity contribution < 1.29 is 8.42 Å². The third kappa shape index (κ3) is 3.28. The summed E-state index contributed by atoms with van der Waals surface area (Å²) in [5, 5.41) is 0. The van der Waals surface area contributed by atoms with Gasteiger partial charge in [0.05, 0.1) is 17.2 Å². The van der Waals surface area contributed by atoms with Gasteiger partial charge in [-0.2, -0.15) is 0 Å². The zero-order valence-electron chi connectivity index (χ0n) is 10.5. The smallest absolute Gasteiger partial charge is 0.153 e. The standard InChI is InChI=1S/C12H19N3O2S/c1-10-9-18(16,17)5-4-15(10)8-11-2-3-14-12(6-11)7-13/h2-3,6,10H,4-5,7-9,13H2,1H3. The summed E-state index contributed by atoms with van der Waals surface area (Å²) >= 11 is 0. The largest absolute Gasteiger partial charge is 0.325 e. The van der Waals surface area contributed by atoms with E-state index < -0.39 is 9.84 Å². The quantitative estimate of drug-likeness (QED) is 0.846. The molecule has 0 bridgehead atoms. The van der Waals surface area contributed by atoms with Crippen molar-refractivity contribution in [3.8, 4) is 0 Å². The fourth-order valence-corrected chi connectivity index (χ4v) is 3.87. The summed E-state index contributed by atoms with van der Waals surface area (Å²) in [4.78, 5) is 6.34. The van der Waals surface area contributed by atoms with E-state index in [1.807, 2.05) is 19.1 Å². The summed E-state index contributed by atoms with van der Waals surface area (Å²) in [5.74, 6) is 0.508. The van der Waals surface area contributed by atoms with Crippen LogP contribution >= 0.6 is 0 Å². The third-order valence-electron chi connectivity index (χ3n) is 3.28. The summed E-state index contributed by atoms with van der Waals surface area (Å²) in [6.45, 7) is 3.75. The van der Waals surface area contributed by atoms with Crippen LogP contribution in [0, 0.1) is 0 Å². The Kier molecular flexibility index (Phi) is 3.99. The Bertz CT molecular complexity index is 516. The van der Waals surface area contributed by atoms with Crippen LogP contribution in [-0.4, -0.2) is 42.4 Å². The molecule has 2 rings (SSSR count). The van der Waals surface area contributed by atoms with Gasteiger partial charge in [0, 0.05) is 31.9 Å². The molecular formula is C12H19N3O2S. The first-order valence-electron chi connectivity index (χ1n) is 6.08. The highest BCUT2D eigenvalue weighted by Crippen LogP contribution is 2.15. The van der Waals surface area contributed by atoms with Gasteiger partial charge in [-0.15, -0.1) is 0 Å². The minimum atomic E-state index is -2.84. The molecular weight excluding hydrogens is 250 g/mol. The Hall–Kier alpha value is -0.980. The molecule has 18 heavy (non-hydrogen) atoms. The predicted octanol–water partition coefficient (Wildman–Crippen LogP) is 0.159. The van der Waals surface area contributed by atoms with E-state index in [1.165, 1.54) is 0 Å². The number of nitrogens with zero attached hydrogens (tertiary/aromatic N) is 2. The van der Waals surface area contributed by atoms with Crippen molar-refractivity contribution in [3.05, 3.63) is 29.6 Å². The van der Waals surface area contributed by atoms with E-state index in [-0.39, 0.29) is 17.5 Å². The van der Waals surface area contributed by atoms with E-state index in [2.05, 4.69) is 9.88 Å². The highest BCUT2D eigenvalue weighted by molar-refractivity contribution is 7.91. The Morgan fingerprint density at radius 2 is 2.33 bits per heavy atom. The number of hydrogen-bond acceptors (Lipinski definition) is 5. The molecule has 1 unspecified atom stereocenters. The van der Waals surface area contributed by atoms with Gasteiger partial charge in [0.2, 0.25) is 0 Å². The lowest BCUT2D eigenvalue weighted by Crippen LogP contribution is -2.46. The lowest BCUT2D eigenvalue weighted by atomic mass is 10.2. The molecule has 2 N–H and O–H groups in total. The van der Waals surface area contributed by atoms with Crippen LogP contribution in [0.15, 0.2) is 18.3 Å². The minimum absolute atomic E-state index is 0.0678. The van der Waals surface area contributed by atoms with Gasteiger partial charge in [-0.1, -0.05) is 0 Å².